The molecule has 2 unspecified atom stereocenters. The molecule has 0 heterocycles. The van der Waals surface area contributed by atoms with E-state index >= 15 is 0 Å². The van der Waals surface area contributed by atoms with E-state index in [9.17, 15) is 0 Å². The predicted molar refractivity (Wildman–Crippen MR) is 85.6 cm³/mol. The zero-order valence-corrected chi connectivity index (χ0v) is 14.1. The van der Waals surface area contributed by atoms with Gasteiger partial charge in [0.2, 0.25) is 0 Å². The van der Waals surface area contributed by atoms with Crippen LogP contribution in [0.1, 0.15) is 66.7 Å². The molecule has 0 amide bonds. The van der Waals surface area contributed by atoms with Gasteiger partial charge in [0.05, 0.1) is 0 Å². The van der Waals surface area contributed by atoms with Gasteiger partial charge in [0, 0.05) is 18.1 Å². The lowest BCUT2D eigenvalue weighted by Gasteiger charge is -2.40. The first kappa shape index (κ1) is 17.0. The molecule has 1 aliphatic carbocycles. The van der Waals surface area contributed by atoms with E-state index in [1.54, 1.807) is 0 Å². The fraction of sp³-hybridized carbons (Fsp3) is 1.00. The van der Waals surface area contributed by atoms with Gasteiger partial charge in [0.1, 0.15) is 0 Å². The van der Waals surface area contributed by atoms with Crippen molar-refractivity contribution in [3.63, 3.8) is 0 Å². The average molecular weight is 268 g/mol. The lowest BCUT2D eigenvalue weighted by atomic mass is 9.83. The van der Waals surface area contributed by atoms with Crippen LogP contribution in [-0.2, 0) is 0 Å². The van der Waals surface area contributed by atoms with Gasteiger partial charge in [-0.3, -0.25) is 0 Å². The topological polar surface area (TPSA) is 15.3 Å². The maximum Gasteiger partial charge on any atom is 0.0105 e. The van der Waals surface area contributed by atoms with Crippen LogP contribution in [0.15, 0.2) is 0 Å². The summed E-state index contributed by atoms with van der Waals surface area (Å²) < 4.78 is 0. The summed E-state index contributed by atoms with van der Waals surface area (Å²) in [7, 11) is 2.34. The summed E-state index contributed by atoms with van der Waals surface area (Å²) in [5.74, 6) is 1.72. The number of nitrogens with zero attached hydrogens (tertiary/aromatic N) is 1. The molecular weight excluding hydrogens is 232 g/mol. The van der Waals surface area contributed by atoms with Gasteiger partial charge in [0.15, 0.2) is 0 Å². The Labute approximate surface area is 121 Å². The van der Waals surface area contributed by atoms with Crippen LogP contribution in [0.2, 0.25) is 0 Å². The Hall–Kier alpha value is -0.0800. The van der Waals surface area contributed by atoms with E-state index in [4.69, 9.17) is 0 Å². The fourth-order valence-corrected chi connectivity index (χ4v) is 3.29. The molecule has 1 aliphatic rings. The van der Waals surface area contributed by atoms with Gasteiger partial charge in [-0.15, -0.1) is 0 Å². The minimum Gasteiger partial charge on any atom is -0.314 e. The molecule has 0 radical (unpaired) electrons. The molecule has 2 atom stereocenters. The van der Waals surface area contributed by atoms with Crippen molar-refractivity contribution >= 4 is 0 Å². The first-order chi connectivity index (χ1) is 8.95. The van der Waals surface area contributed by atoms with E-state index in [1.165, 1.54) is 32.1 Å². The summed E-state index contributed by atoms with van der Waals surface area (Å²) in [5, 5.41) is 3.57. The lowest BCUT2D eigenvalue weighted by Crippen LogP contribution is -2.46. The molecule has 1 fully saturated rings. The van der Waals surface area contributed by atoms with Crippen LogP contribution in [0.5, 0.6) is 0 Å². The molecule has 1 N–H and O–H groups in total. The highest BCUT2D eigenvalue weighted by molar-refractivity contribution is 4.82. The van der Waals surface area contributed by atoms with Gasteiger partial charge in [-0.1, -0.05) is 34.1 Å². The van der Waals surface area contributed by atoms with E-state index in [2.05, 4.69) is 51.9 Å². The SMILES string of the molecule is CCC1CCC(N(C)C(C)C(C)CNC(C)C)CC1. The third kappa shape index (κ3) is 5.43. The van der Waals surface area contributed by atoms with Crippen LogP contribution < -0.4 is 5.32 Å². The van der Waals surface area contributed by atoms with Crippen LogP contribution >= 0.6 is 0 Å². The summed E-state index contributed by atoms with van der Waals surface area (Å²) in [5.41, 5.74) is 0. The van der Waals surface area contributed by atoms with Crippen LogP contribution in [0.4, 0.5) is 0 Å². The average Bonchev–Trinajstić information content (AvgIpc) is 2.43. The summed E-state index contributed by atoms with van der Waals surface area (Å²) in [6, 6.07) is 2.09. The van der Waals surface area contributed by atoms with Crippen molar-refractivity contribution in [1.82, 2.24) is 10.2 Å². The standard InChI is InChI=1S/C17H36N2/c1-7-16-8-10-17(11-9-16)19(6)15(5)14(4)12-18-13(2)3/h13-18H,7-12H2,1-6H3. The Morgan fingerprint density at radius 1 is 1.05 bits per heavy atom. The summed E-state index contributed by atoms with van der Waals surface area (Å²) in [6.45, 7) is 12.7. The first-order valence-corrected chi connectivity index (χ1v) is 8.41. The Kier molecular flexibility index (Phi) is 7.38. The summed E-state index contributed by atoms with van der Waals surface area (Å²) in [4.78, 5) is 2.65. The zero-order valence-electron chi connectivity index (χ0n) is 14.1. The summed E-state index contributed by atoms with van der Waals surface area (Å²) >= 11 is 0. The van der Waals surface area contributed by atoms with Crippen LogP contribution in [0.3, 0.4) is 0 Å². The number of hydrogen-bond donors (Lipinski definition) is 1. The second-order valence-corrected chi connectivity index (χ2v) is 7.03. The molecule has 0 aliphatic heterocycles. The Morgan fingerprint density at radius 3 is 2.11 bits per heavy atom. The largest absolute Gasteiger partial charge is 0.314 e. The highest BCUT2D eigenvalue weighted by Gasteiger charge is 2.27. The minimum absolute atomic E-state index is 0.597. The zero-order chi connectivity index (χ0) is 14.4. The number of rotatable bonds is 7. The Balaban J connectivity index is 2.37. The first-order valence-electron chi connectivity index (χ1n) is 8.41. The van der Waals surface area contributed by atoms with Crippen molar-refractivity contribution in [3.8, 4) is 0 Å². The van der Waals surface area contributed by atoms with E-state index < -0.39 is 0 Å². The van der Waals surface area contributed by atoms with Gasteiger partial charge in [-0.05, 0) is 58.0 Å². The minimum atomic E-state index is 0.597. The van der Waals surface area contributed by atoms with Crippen LogP contribution in [-0.4, -0.2) is 36.6 Å². The third-order valence-electron chi connectivity index (χ3n) is 5.28. The molecule has 0 aromatic rings. The molecule has 0 aromatic heterocycles. The highest BCUT2D eigenvalue weighted by Crippen LogP contribution is 2.30. The smallest absolute Gasteiger partial charge is 0.0105 e. The summed E-state index contributed by atoms with van der Waals surface area (Å²) in [6.07, 6.45) is 7.07. The molecule has 1 saturated carbocycles. The predicted octanol–water partition coefficient (Wildman–Crippen LogP) is 3.91. The molecule has 1 rings (SSSR count). The highest BCUT2D eigenvalue weighted by atomic mass is 15.2. The molecule has 2 heteroatoms. The molecule has 0 bridgehead atoms. The van der Waals surface area contributed by atoms with Crippen molar-refractivity contribution in [2.75, 3.05) is 13.6 Å². The fourth-order valence-electron chi connectivity index (χ4n) is 3.29. The van der Waals surface area contributed by atoms with Gasteiger partial charge >= 0.3 is 0 Å². The lowest BCUT2D eigenvalue weighted by molar-refractivity contribution is 0.0983. The second-order valence-electron chi connectivity index (χ2n) is 7.03. The molecule has 2 nitrogen and oxygen atoms in total. The molecule has 0 aromatic carbocycles. The molecule has 19 heavy (non-hydrogen) atoms. The maximum absolute atomic E-state index is 3.57. The van der Waals surface area contributed by atoms with Gasteiger partial charge in [0.25, 0.3) is 0 Å². The van der Waals surface area contributed by atoms with Gasteiger partial charge in [-0.25, -0.2) is 0 Å². The Morgan fingerprint density at radius 2 is 1.63 bits per heavy atom. The Bertz CT molecular complexity index is 231. The monoisotopic (exact) mass is 268 g/mol. The van der Waals surface area contributed by atoms with E-state index in [-0.39, 0.29) is 0 Å². The number of nitrogens with one attached hydrogen (secondary N) is 1. The molecule has 114 valence electrons. The normalized spacial score (nSPS) is 27.8. The van der Waals surface area contributed by atoms with Crippen molar-refractivity contribution in [3.05, 3.63) is 0 Å². The quantitative estimate of drug-likeness (QED) is 0.753. The number of hydrogen-bond acceptors (Lipinski definition) is 2. The molecular formula is C17H36N2. The van der Waals surface area contributed by atoms with Crippen LogP contribution in [0.25, 0.3) is 0 Å². The van der Waals surface area contributed by atoms with Crippen molar-refractivity contribution in [2.45, 2.75) is 84.8 Å². The molecule has 0 spiro atoms. The third-order valence-corrected chi connectivity index (χ3v) is 5.28. The van der Waals surface area contributed by atoms with Crippen molar-refractivity contribution in [2.24, 2.45) is 11.8 Å². The van der Waals surface area contributed by atoms with Crippen LogP contribution in [0, 0.1) is 11.8 Å². The van der Waals surface area contributed by atoms with Gasteiger partial charge < -0.3 is 10.2 Å². The van der Waals surface area contributed by atoms with E-state index in [0.717, 1.165) is 24.4 Å². The second kappa shape index (κ2) is 8.26. The van der Waals surface area contributed by atoms with Crippen molar-refractivity contribution in [1.29, 1.82) is 0 Å². The van der Waals surface area contributed by atoms with E-state index in [1.807, 2.05) is 0 Å². The molecule has 0 saturated heterocycles. The van der Waals surface area contributed by atoms with Gasteiger partial charge in [-0.2, -0.15) is 0 Å². The van der Waals surface area contributed by atoms with Crippen molar-refractivity contribution < 1.29 is 0 Å². The maximum atomic E-state index is 3.57. The van der Waals surface area contributed by atoms with E-state index in [0.29, 0.717) is 12.1 Å².